The highest BCUT2D eigenvalue weighted by Gasteiger charge is 2.16. The van der Waals surface area contributed by atoms with Gasteiger partial charge in [-0.05, 0) is 44.7 Å². The maximum atomic E-state index is 12.0. The zero-order valence-electron chi connectivity index (χ0n) is 12.9. The molecular weight excluding hydrogens is 264 g/mol. The minimum Gasteiger partial charge on any atom is -0.354 e. The molecule has 1 aromatic carbocycles. The minimum absolute atomic E-state index is 0.0402. The summed E-state index contributed by atoms with van der Waals surface area (Å²) in [7, 11) is 0. The molecule has 0 radical (unpaired) electrons. The maximum absolute atomic E-state index is 12.0. The molecule has 114 valence electrons. The predicted molar refractivity (Wildman–Crippen MR) is 83.2 cm³/mol. The predicted octanol–water partition coefficient (Wildman–Crippen LogP) is 2.34. The summed E-state index contributed by atoms with van der Waals surface area (Å²) in [6.07, 6.45) is 4.94. The number of hydrogen-bond donors (Lipinski definition) is 2. The van der Waals surface area contributed by atoms with Crippen LogP contribution in [0.3, 0.4) is 0 Å². The number of nitrogens with one attached hydrogen (secondary N) is 2. The van der Waals surface area contributed by atoms with Crippen molar-refractivity contribution < 1.29 is 9.59 Å². The number of rotatable bonds is 5. The summed E-state index contributed by atoms with van der Waals surface area (Å²) >= 11 is 0. The van der Waals surface area contributed by atoms with Crippen molar-refractivity contribution in [1.82, 2.24) is 10.6 Å². The lowest BCUT2D eigenvalue weighted by Gasteiger charge is -2.11. The monoisotopic (exact) mass is 288 g/mol. The molecule has 4 nitrogen and oxygen atoms in total. The van der Waals surface area contributed by atoms with E-state index in [2.05, 4.69) is 10.6 Å². The lowest BCUT2D eigenvalue weighted by Crippen LogP contribution is -2.38. The van der Waals surface area contributed by atoms with Crippen LogP contribution in [0.2, 0.25) is 0 Å². The lowest BCUT2D eigenvalue weighted by atomic mass is 10.1. The molecule has 1 aromatic rings. The Morgan fingerprint density at radius 1 is 1.05 bits per heavy atom. The van der Waals surface area contributed by atoms with E-state index in [0.717, 1.165) is 17.7 Å². The summed E-state index contributed by atoms with van der Waals surface area (Å²) in [6.45, 7) is 4.69. The van der Waals surface area contributed by atoms with Crippen molar-refractivity contribution in [2.24, 2.45) is 5.92 Å². The van der Waals surface area contributed by atoms with Gasteiger partial charge in [0.25, 0.3) is 5.91 Å². The van der Waals surface area contributed by atoms with Gasteiger partial charge in [0.05, 0.1) is 6.54 Å². The smallest absolute Gasteiger partial charge is 0.251 e. The van der Waals surface area contributed by atoms with E-state index in [-0.39, 0.29) is 18.4 Å². The van der Waals surface area contributed by atoms with E-state index >= 15 is 0 Å². The zero-order chi connectivity index (χ0) is 15.2. The van der Waals surface area contributed by atoms with E-state index < -0.39 is 0 Å². The number of benzene rings is 1. The molecule has 21 heavy (non-hydrogen) atoms. The van der Waals surface area contributed by atoms with Gasteiger partial charge in [0.15, 0.2) is 0 Å². The highest BCUT2D eigenvalue weighted by molar-refractivity contribution is 5.96. The second-order valence-electron chi connectivity index (χ2n) is 6.01. The molecular formula is C17H24N2O2. The van der Waals surface area contributed by atoms with Crippen molar-refractivity contribution >= 4 is 11.8 Å². The van der Waals surface area contributed by atoms with Crippen LogP contribution < -0.4 is 10.6 Å². The number of carbonyl (C=O) groups is 2. The van der Waals surface area contributed by atoms with Crippen LogP contribution in [-0.2, 0) is 4.79 Å². The largest absolute Gasteiger partial charge is 0.354 e. The van der Waals surface area contributed by atoms with Crippen LogP contribution in [-0.4, -0.2) is 24.9 Å². The summed E-state index contributed by atoms with van der Waals surface area (Å²) in [5.74, 6) is 0.307. The van der Waals surface area contributed by atoms with E-state index in [0.29, 0.717) is 11.5 Å². The third kappa shape index (κ3) is 4.88. The van der Waals surface area contributed by atoms with Crippen molar-refractivity contribution in [3.8, 4) is 0 Å². The van der Waals surface area contributed by atoms with E-state index in [1.807, 2.05) is 32.0 Å². The summed E-state index contributed by atoms with van der Waals surface area (Å²) in [6, 6.07) is 5.68. The van der Waals surface area contributed by atoms with Gasteiger partial charge in [-0.1, -0.05) is 30.0 Å². The molecule has 2 amide bonds. The van der Waals surface area contributed by atoms with Gasteiger partial charge in [0.1, 0.15) is 0 Å². The van der Waals surface area contributed by atoms with Crippen molar-refractivity contribution in [3.05, 3.63) is 34.9 Å². The first-order chi connectivity index (χ1) is 10.0. The second kappa shape index (κ2) is 7.25. The summed E-state index contributed by atoms with van der Waals surface area (Å²) in [5.41, 5.74) is 2.70. The third-order valence-electron chi connectivity index (χ3n) is 3.96. The molecule has 0 aromatic heterocycles. The third-order valence-corrected chi connectivity index (χ3v) is 3.96. The normalized spacial score (nSPS) is 15.0. The fourth-order valence-corrected chi connectivity index (χ4v) is 2.90. The molecule has 1 fully saturated rings. The molecule has 2 rings (SSSR count). The van der Waals surface area contributed by atoms with Gasteiger partial charge in [0, 0.05) is 12.1 Å². The Balaban J connectivity index is 1.76. The lowest BCUT2D eigenvalue weighted by molar-refractivity contribution is -0.120. The standard InChI is InChI=1S/C17H24N2O2/c1-12-7-13(2)9-15(8-12)17(21)19-11-16(20)18-10-14-5-3-4-6-14/h7-9,14H,3-6,10-11H2,1-2H3,(H,18,20)(H,19,21). The van der Waals surface area contributed by atoms with Crippen LogP contribution in [0.5, 0.6) is 0 Å². The summed E-state index contributed by atoms with van der Waals surface area (Å²) < 4.78 is 0. The molecule has 0 spiro atoms. The van der Waals surface area contributed by atoms with Gasteiger partial charge in [-0.15, -0.1) is 0 Å². The molecule has 1 saturated carbocycles. The molecule has 0 saturated heterocycles. The first-order valence-electron chi connectivity index (χ1n) is 7.68. The summed E-state index contributed by atoms with van der Waals surface area (Å²) in [4.78, 5) is 23.8. The van der Waals surface area contributed by atoms with Gasteiger partial charge in [-0.3, -0.25) is 9.59 Å². The quantitative estimate of drug-likeness (QED) is 0.873. The van der Waals surface area contributed by atoms with Crippen molar-refractivity contribution in [1.29, 1.82) is 0 Å². The zero-order valence-corrected chi connectivity index (χ0v) is 12.9. The Kier molecular flexibility index (Phi) is 5.37. The molecule has 2 N–H and O–H groups in total. The Labute approximate surface area is 126 Å². The topological polar surface area (TPSA) is 58.2 Å². The molecule has 0 bridgehead atoms. The van der Waals surface area contributed by atoms with E-state index in [9.17, 15) is 9.59 Å². The maximum Gasteiger partial charge on any atom is 0.251 e. The fourth-order valence-electron chi connectivity index (χ4n) is 2.90. The first kappa shape index (κ1) is 15.5. The molecule has 0 atom stereocenters. The van der Waals surface area contributed by atoms with E-state index in [1.54, 1.807) is 0 Å². The number of aryl methyl sites for hydroxylation is 2. The molecule has 1 aliphatic rings. The highest BCUT2D eigenvalue weighted by Crippen LogP contribution is 2.23. The average Bonchev–Trinajstić information content (AvgIpc) is 2.94. The molecule has 1 aliphatic carbocycles. The minimum atomic E-state index is -0.196. The van der Waals surface area contributed by atoms with Crippen LogP contribution in [0, 0.1) is 19.8 Å². The van der Waals surface area contributed by atoms with Crippen molar-refractivity contribution in [3.63, 3.8) is 0 Å². The van der Waals surface area contributed by atoms with Crippen LogP contribution >= 0.6 is 0 Å². The van der Waals surface area contributed by atoms with Crippen LogP contribution in [0.1, 0.15) is 47.2 Å². The van der Waals surface area contributed by atoms with Gasteiger partial charge in [0.2, 0.25) is 5.91 Å². The second-order valence-corrected chi connectivity index (χ2v) is 6.01. The molecule has 4 heteroatoms. The molecule has 0 aliphatic heterocycles. The van der Waals surface area contributed by atoms with Crippen molar-refractivity contribution in [2.45, 2.75) is 39.5 Å². The number of hydrogen-bond acceptors (Lipinski definition) is 2. The van der Waals surface area contributed by atoms with Crippen molar-refractivity contribution in [2.75, 3.05) is 13.1 Å². The Morgan fingerprint density at radius 2 is 1.67 bits per heavy atom. The first-order valence-corrected chi connectivity index (χ1v) is 7.68. The number of amides is 2. The highest BCUT2D eigenvalue weighted by atomic mass is 16.2. The Morgan fingerprint density at radius 3 is 2.29 bits per heavy atom. The Hall–Kier alpha value is -1.84. The van der Waals surface area contributed by atoms with E-state index in [4.69, 9.17) is 0 Å². The van der Waals surface area contributed by atoms with Gasteiger partial charge < -0.3 is 10.6 Å². The summed E-state index contributed by atoms with van der Waals surface area (Å²) in [5, 5.41) is 5.58. The SMILES string of the molecule is Cc1cc(C)cc(C(=O)NCC(=O)NCC2CCCC2)c1. The van der Waals surface area contributed by atoms with Gasteiger partial charge >= 0.3 is 0 Å². The van der Waals surface area contributed by atoms with Gasteiger partial charge in [-0.2, -0.15) is 0 Å². The average molecular weight is 288 g/mol. The van der Waals surface area contributed by atoms with Crippen LogP contribution in [0.25, 0.3) is 0 Å². The van der Waals surface area contributed by atoms with Crippen LogP contribution in [0.4, 0.5) is 0 Å². The fraction of sp³-hybridized carbons (Fsp3) is 0.529. The number of carbonyl (C=O) groups excluding carboxylic acids is 2. The van der Waals surface area contributed by atoms with Gasteiger partial charge in [-0.25, -0.2) is 0 Å². The molecule has 0 heterocycles. The molecule has 0 unspecified atom stereocenters. The van der Waals surface area contributed by atoms with E-state index in [1.165, 1.54) is 25.7 Å². The Bertz CT molecular complexity index is 499. The van der Waals surface area contributed by atoms with Crippen LogP contribution in [0.15, 0.2) is 18.2 Å².